The number of benzene rings is 1. The molecule has 15 nitrogen and oxygen atoms in total. The number of esters is 1. The number of ether oxygens (including phenoxy) is 1. The zero-order valence-electron chi connectivity index (χ0n) is 37.6. The van der Waals surface area contributed by atoms with Crippen LogP contribution >= 0.6 is 11.6 Å². The summed E-state index contributed by atoms with van der Waals surface area (Å²) >= 11 is 6.12. The fourth-order valence-electron chi connectivity index (χ4n) is 6.97. The number of hydrogen-bond donors (Lipinski definition) is 5. The summed E-state index contributed by atoms with van der Waals surface area (Å²) in [6.07, 6.45) is 2.15. The predicted molar refractivity (Wildman–Crippen MR) is 232 cm³/mol. The van der Waals surface area contributed by atoms with Crippen LogP contribution in [0.3, 0.4) is 0 Å². The van der Waals surface area contributed by atoms with E-state index in [1.165, 1.54) is 30.8 Å². The second-order valence-electron chi connectivity index (χ2n) is 17.0. The summed E-state index contributed by atoms with van der Waals surface area (Å²) in [5.41, 5.74) is 7.58. The number of halogens is 1. The zero-order valence-corrected chi connectivity index (χ0v) is 38.4. The molecule has 1 aliphatic rings. The number of carbonyl (C=O) groups is 7. The molecule has 60 heavy (non-hydrogen) atoms. The van der Waals surface area contributed by atoms with Gasteiger partial charge in [0.2, 0.25) is 29.5 Å². The molecule has 0 saturated heterocycles. The van der Waals surface area contributed by atoms with Gasteiger partial charge in [-0.3, -0.25) is 28.8 Å². The van der Waals surface area contributed by atoms with E-state index >= 15 is 0 Å². The van der Waals surface area contributed by atoms with Gasteiger partial charge in [-0.25, -0.2) is 4.79 Å². The summed E-state index contributed by atoms with van der Waals surface area (Å²) in [4.78, 5) is 98.5. The summed E-state index contributed by atoms with van der Waals surface area (Å²) in [7, 11) is 2.85. The van der Waals surface area contributed by atoms with Crippen LogP contribution in [0.15, 0.2) is 35.9 Å². The van der Waals surface area contributed by atoms with Gasteiger partial charge in [0.15, 0.2) is 6.10 Å². The van der Waals surface area contributed by atoms with Crippen molar-refractivity contribution in [2.45, 2.75) is 144 Å². The zero-order chi connectivity index (χ0) is 45.6. The van der Waals surface area contributed by atoms with Gasteiger partial charge in [-0.1, -0.05) is 91.1 Å². The summed E-state index contributed by atoms with van der Waals surface area (Å²) in [6.45, 7) is 17.5. The average molecular weight is 861 g/mol. The van der Waals surface area contributed by atoms with Gasteiger partial charge in [-0.15, -0.1) is 0 Å². The van der Waals surface area contributed by atoms with E-state index in [-0.39, 0.29) is 54.5 Å². The quantitative estimate of drug-likeness (QED) is 0.242. The van der Waals surface area contributed by atoms with Crippen molar-refractivity contribution in [2.24, 2.45) is 29.4 Å². The van der Waals surface area contributed by atoms with Gasteiger partial charge in [0.1, 0.15) is 24.2 Å². The fourth-order valence-corrected chi connectivity index (χ4v) is 7.10. The lowest BCUT2D eigenvalue weighted by Gasteiger charge is -2.34. The van der Waals surface area contributed by atoms with Crippen LogP contribution in [0, 0.1) is 23.7 Å². The molecule has 0 aromatic heterocycles. The molecule has 0 bridgehead atoms. The molecule has 1 heterocycles. The Kier molecular flexibility index (Phi) is 20.7. The second kappa shape index (κ2) is 24.1. The van der Waals surface area contributed by atoms with Gasteiger partial charge >= 0.3 is 5.97 Å². The molecular formula is C44H70ClN7O8. The number of nitrogens with one attached hydrogen (secondary N) is 4. The summed E-state index contributed by atoms with van der Waals surface area (Å²) in [6, 6.07) is 1.59. The second-order valence-corrected chi connectivity index (χ2v) is 17.4. The Balaban J connectivity index is 2.62. The Morgan fingerprint density at radius 2 is 1.38 bits per heavy atom. The molecule has 16 heteroatoms. The molecule has 6 amide bonds. The molecule has 0 fully saturated rings. The van der Waals surface area contributed by atoms with E-state index in [2.05, 4.69) is 21.3 Å². The van der Waals surface area contributed by atoms with Gasteiger partial charge in [-0.05, 0) is 75.0 Å². The normalized spacial score (nSPS) is 28.8. The Labute approximate surface area is 361 Å². The van der Waals surface area contributed by atoms with E-state index < -0.39 is 84.3 Å². The van der Waals surface area contributed by atoms with Crippen LogP contribution in [0.5, 0.6) is 0 Å². The Morgan fingerprint density at radius 3 is 1.95 bits per heavy atom. The first kappa shape index (κ1) is 51.6. The summed E-state index contributed by atoms with van der Waals surface area (Å²) in [5, 5.41) is 11.8. The van der Waals surface area contributed by atoms with Crippen LogP contribution in [0.1, 0.15) is 100 Å². The van der Waals surface area contributed by atoms with Crippen molar-refractivity contribution in [1.82, 2.24) is 31.1 Å². The van der Waals surface area contributed by atoms with Crippen molar-refractivity contribution in [1.29, 1.82) is 0 Å². The standard InChI is InChI=1S/C44H70ClN7O8/c1-13-25(5)37-28(8)33(46)20-15-27(7)44(59)60-35(21-24(3)4)40(55)48-30(10)42(57)52(12)34(22-31-16-18-32(45)19-17-31)43(58)51(11)23-36(53)49-38(26(6)14-2)41(56)47-29(9)39(54)50-37/h15-19,24-26,28-30,33-35,37-38H,13-14,20-23,46H2,1-12H3,(H,47,56)(H,48,55)(H,49,53)(H,50,54)/b27-15+/t25-,26?,28-,29+,30-,33-,34+,35+,37+,38-/m0/s1. The number of rotatable bonds is 8. The van der Waals surface area contributed by atoms with Crippen LogP contribution in [0.4, 0.5) is 0 Å². The van der Waals surface area contributed by atoms with Crippen molar-refractivity contribution in [3.63, 3.8) is 0 Å². The van der Waals surface area contributed by atoms with Crippen LogP contribution < -0.4 is 27.0 Å². The van der Waals surface area contributed by atoms with Crippen molar-refractivity contribution >= 4 is 53.0 Å². The number of likely N-dealkylation sites (N-methyl/N-ethyl adjacent to an activating group) is 2. The molecule has 0 saturated carbocycles. The minimum atomic E-state index is -1.23. The molecule has 0 aliphatic carbocycles. The van der Waals surface area contributed by atoms with Crippen LogP contribution in [0.25, 0.3) is 0 Å². The number of carbonyl (C=O) groups excluding carboxylic acids is 7. The van der Waals surface area contributed by atoms with Gasteiger partial charge in [-0.2, -0.15) is 0 Å². The van der Waals surface area contributed by atoms with Crippen LogP contribution in [-0.4, -0.2) is 114 Å². The molecule has 10 atom stereocenters. The average Bonchev–Trinajstić information content (AvgIpc) is 3.20. The number of nitrogens with zero attached hydrogens (tertiary/aromatic N) is 2. The van der Waals surface area contributed by atoms with E-state index in [1.54, 1.807) is 51.1 Å². The van der Waals surface area contributed by atoms with Crippen LogP contribution in [-0.2, 0) is 44.7 Å². The molecule has 1 aromatic carbocycles. The number of nitrogens with two attached hydrogens (primary N) is 1. The summed E-state index contributed by atoms with van der Waals surface area (Å²) < 4.78 is 5.72. The lowest BCUT2D eigenvalue weighted by atomic mass is 9.83. The lowest BCUT2D eigenvalue weighted by Crippen LogP contribution is -2.59. The highest BCUT2D eigenvalue weighted by Crippen LogP contribution is 2.22. The Bertz CT molecular complexity index is 1690. The monoisotopic (exact) mass is 859 g/mol. The smallest absolute Gasteiger partial charge is 0.334 e. The molecule has 2 rings (SSSR count). The van der Waals surface area contributed by atoms with Gasteiger partial charge < -0.3 is 41.5 Å². The van der Waals surface area contributed by atoms with Crippen molar-refractivity contribution in [3.05, 3.63) is 46.5 Å². The van der Waals surface area contributed by atoms with Crippen molar-refractivity contribution in [3.8, 4) is 0 Å². The lowest BCUT2D eigenvalue weighted by molar-refractivity contribution is -0.154. The molecule has 0 spiro atoms. The molecule has 1 aliphatic heterocycles. The number of hydrogen-bond acceptors (Lipinski definition) is 9. The fraction of sp³-hybridized carbons (Fsp3) is 0.659. The molecule has 1 aromatic rings. The summed E-state index contributed by atoms with van der Waals surface area (Å²) in [5.74, 6) is -4.86. The molecule has 0 radical (unpaired) electrons. The first-order chi connectivity index (χ1) is 28.0. The first-order valence-electron chi connectivity index (χ1n) is 21.1. The van der Waals surface area contributed by atoms with E-state index in [9.17, 15) is 33.6 Å². The molecular weight excluding hydrogens is 790 g/mol. The maximum Gasteiger partial charge on any atom is 0.334 e. The van der Waals surface area contributed by atoms with E-state index in [1.807, 2.05) is 41.5 Å². The van der Waals surface area contributed by atoms with Crippen molar-refractivity contribution < 1.29 is 38.3 Å². The highest BCUT2D eigenvalue weighted by Gasteiger charge is 2.36. The van der Waals surface area contributed by atoms with E-state index in [0.29, 0.717) is 17.0 Å². The van der Waals surface area contributed by atoms with Crippen molar-refractivity contribution in [2.75, 3.05) is 20.6 Å². The predicted octanol–water partition coefficient (Wildman–Crippen LogP) is 3.51. The SMILES string of the molecule is CCC(C)[C@@H]1NC(=O)CN(C)C(=O)[C@@H](Cc2ccc(Cl)cc2)N(C)C(=O)[C@H](C)NC(=O)[C@@H](CC(C)C)OC(=O)/C(C)=C/C[C@H](N)[C@H](C)[C@@H]([C@@H](C)CC)NC(=O)[C@@H](C)NC1=O. The largest absolute Gasteiger partial charge is 0.449 e. The Morgan fingerprint density at radius 1 is 0.800 bits per heavy atom. The molecule has 1 unspecified atom stereocenters. The van der Waals surface area contributed by atoms with Gasteiger partial charge in [0.25, 0.3) is 5.91 Å². The Hall–Kier alpha value is -4.50. The molecule has 6 N–H and O–H groups in total. The van der Waals surface area contributed by atoms with Crippen LogP contribution in [0.2, 0.25) is 5.02 Å². The maximum absolute atomic E-state index is 14.2. The highest BCUT2D eigenvalue weighted by atomic mass is 35.5. The minimum Gasteiger partial charge on any atom is -0.449 e. The van der Waals surface area contributed by atoms with Gasteiger partial charge in [0.05, 0.1) is 6.54 Å². The minimum absolute atomic E-state index is 0.00166. The third-order valence-corrected chi connectivity index (χ3v) is 11.8. The first-order valence-corrected chi connectivity index (χ1v) is 21.5. The van der Waals surface area contributed by atoms with E-state index in [4.69, 9.17) is 22.1 Å². The maximum atomic E-state index is 14.2. The van der Waals surface area contributed by atoms with Gasteiger partial charge in [0, 0.05) is 43.2 Å². The third-order valence-electron chi connectivity index (χ3n) is 11.5. The number of amides is 6. The topological polar surface area (TPSA) is 209 Å². The van der Waals surface area contributed by atoms with E-state index in [0.717, 1.165) is 6.42 Å². The molecule has 336 valence electrons. The third kappa shape index (κ3) is 15.2. The highest BCUT2D eigenvalue weighted by molar-refractivity contribution is 6.30. The number of cyclic esters (lactones) is 1.